The average molecular weight is 286 g/mol. The van der Waals surface area contributed by atoms with Gasteiger partial charge < -0.3 is 15.8 Å². The van der Waals surface area contributed by atoms with E-state index in [0.717, 1.165) is 5.56 Å². The number of alkyl halides is 2. The summed E-state index contributed by atoms with van der Waals surface area (Å²) in [5.74, 6) is 0.222. The molecule has 0 fully saturated rings. The van der Waals surface area contributed by atoms with Crippen LogP contribution in [0.4, 0.5) is 8.78 Å². The highest BCUT2D eigenvalue weighted by Gasteiger charge is 2.14. The molecule has 1 amide bonds. The number of carbonyl (C=O) groups is 1. The van der Waals surface area contributed by atoms with Gasteiger partial charge >= 0.3 is 6.61 Å². The maximum atomic E-state index is 12.0. The fraction of sp³-hybridized carbons (Fsp3) is 0.500. The van der Waals surface area contributed by atoms with Gasteiger partial charge in [-0.05, 0) is 30.0 Å². The molecule has 0 radical (unpaired) electrons. The molecule has 0 spiro atoms. The standard InChI is InChI=1S/C14H20F2N2O2/c1-9(2)7-12(17)13(19)18-8-10-3-5-11(6-4-10)20-14(15)16/h3-6,9,12,14H,7-8,17H2,1-2H3,(H,18,19)/t12-/m0/s1. The summed E-state index contributed by atoms with van der Waals surface area (Å²) in [7, 11) is 0. The SMILES string of the molecule is CC(C)C[C@H](N)C(=O)NCc1ccc(OC(F)F)cc1. The van der Waals surface area contributed by atoms with E-state index < -0.39 is 12.7 Å². The number of rotatable bonds is 7. The first-order valence-corrected chi connectivity index (χ1v) is 6.45. The zero-order valence-corrected chi connectivity index (χ0v) is 11.6. The second-order valence-electron chi connectivity index (χ2n) is 4.98. The van der Waals surface area contributed by atoms with Crippen molar-refractivity contribution < 1.29 is 18.3 Å². The van der Waals surface area contributed by atoms with Crippen molar-refractivity contribution in [3.63, 3.8) is 0 Å². The number of amides is 1. The Morgan fingerprint density at radius 3 is 2.40 bits per heavy atom. The first kappa shape index (κ1) is 16.4. The third kappa shape index (κ3) is 5.97. The second kappa shape index (κ2) is 7.79. The van der Waals surface area contributed by atoms with Crippen molar-refractivity contribution in [1.82, 2.24) is 5.32 Å². The summed E-state index contributed by atoms with van der Waals surface area (Å²) in [4.78, 5) is 11.7. The van der Waals surface area contributed by atoms with E-state index in [4.69, 9.17) is 5.73 Å². The van der Waals surface area contributed by atoms with Gasteiger partial charge in [0.15, 0.2) is 0 Å². The summed E-state index contributed by atoms with van der Waals surface area (Å²) in [6.45, 7) is 1.46. The van der Waals surface area contributed by atoms with Crippen LogP contribution in [0.2, 0.25) is 0 Å². The number of hydrogen-bond acceptors (Lipinski definition) is 3. The van der Waals surface area contributed by atoms with Crippen molar-refractivity contribution in [2.24, 2.45) is 11.7 Å². The van der Waals surface area contributed by atoms with Gasteiger partial charge in [-0.2, -0.15) is 8.78 Å². The van der Waals surface area contributed by atoms with Crippen molar-refractivity contribution in [2.75, 3.05) is 0 Å². The molecular weight excluding hydrogens is 266 g/mol. The van der Waals surface area contributed by atoms with Crippen LogP contribution < -0.4 is 15.8 Å². The number of nitrogens with one attached hydrogen (secondary N) is 1. The van der Waals surface area contributed by atoms with Gasteiger partial charge in [-0.3, -0.25) is 4.79 Å². The van der Waals surface area contributed by atoms with Crippen molar-refractivity contribution in [1.29, 1.82) is 0 Å². The highest BCUT2D eigenvalue weighted by molar-refractivity contribution is 5.81. The van der Waals surface area contributed by atoms with Crippen LogP contribution in [0.15, 0.2) is 24.3 Å². The molecule has 20 heavy (non-hydrogen) atoms. The van der Waals surface area contributed by atoms with Crippen LogP contribution >= 0.6 is 0 Å². The molecule has 0 unspecified atom stereocenters. The lowest BCUT2D eigenvalue weighted by Gasteiger charge is -2.14. The Labute approximate surface area is 117 Å². The molecule has 0 aliphatic carbocycles. The monoisotopic (exact) mass is 286 g/mol. The second-order valence-corrected chi connectivity index (χ2v) is 4.98. The van der Waals surface area contributed by atoms with Crippen LogP contribution in [0.3, 0.4) is 0 Å². The molecule has 0 saturated carbocycles. The van der Waals surface area contributed by atoms with Gasteiger partial charge in [-0.25, -0.2) is 0 Å². The van der Waals surface area contributed by atoms with Gasteiger partial charge in [-0.15, -0.1) is 0 Å². The predicted octanol–water partition coefficient (Wildman–Crippen LogP) is 2.28. The highest BCUT2D eigenvalue weighted by atomic mass is 19.3. The highest BCUT2D eigenvalue weighted by Crippen LogP contribution is 2.14. The molecule has 1 aromatic carbocycles. The van der Waals surface area contributed by atoms with Crippen LogP contribution in [0.25, 0.3) is 0 Å². The maximum Gasteiger partial charge on any atom is 0.387 e. The van der Waals surface area contributed by atoms with Crippen LogP contribution in [0, 0.1) is 5.92 Å². The zero-order chi connectivity index (χ0) is 15.1. The minimum Gasteiger partial charge on any atom is -0.435 e. The Balaban J connectivity index is 2.43. The molecule has 6 heteroatoms. The largest absolute Gasteiger partial charge is 0.435 e. The average Bonchev–Trinajstić information content (AvgIpc) is 2.36. The summed E-state index contributed by atoms with van der Waals surface area (Å²) < 4.78 is 28.2. The summed E-state index contributed by atoms with van der Waals surface area (Å²) in [6, 6.07) is 5.57. The normalized spacial score (nSPS) is 12.6. The lowest BCUT2D eigenvalue weighted by Crippen LogP contribution is -2.40. The summed E-state index contributed by atoms with van der Waals surface area (Å²) >= 11 is 0. The van der Waals surface area contributed by atoms with Gasteiger partial charge in [-0.1, -0.05) is 26.0 Å². The lowest BCUT2D eigenvalue weighted by molar-refractivity contribution is -0.122. The molecule has 1 atom stereocenters. The predicted molar refractivity (Wildman–Crippen MR) is 72.4 cm³/mol. The number of benzene rings is 1. The number of carbonyl (C=O) groups excluding carboxylic acids is 1. The van der Waals surface area contributed by atoms with Crippen LogP contribution in [0.5, 0.6) is 5.75 Å². The van der Waals surface area contributed by atoms with E-state index in [0.29, 0.717) is 18.9 Å². The van der Waals surface area contributed by atoms with Crippen LogP contribution in [0.1, 0.15) is 25.8 Å². The van der Waals surface area contributed by atoms with E-state index in [1.807, 2.05) is 13.8 Å². The Kier molecular flexibility index (Phi) is 6.38. The van der Waals surface area contributed by atoms with Crippen molar-refractivity contribution in [3.05, 3.63) is 29.8 Å². The summed E-state index contributed by atoms with van der Waals surface area (Å²) in [6.07, 6.45) is 0.618. The van der Waals surface area contributed by atoms with E-state index in [-0.39, 0.29) is 11.7 Å². The number of nitrogens with two attached hydrogens (primary N) is 1. The van der Waals surface area contributed by atoms with Gasteiger partial charge in [0.05, 0.1) is 6.04 Å². The third-order valence-corrected chi connectivity index (χ3v) is 2.68. The first-order chi connectivity index (χ1) is 9.38. The Bertz CT molecular complexity index is 422. The molecular formula is C14H20F2N2O2. The van der Waals surface area contributed by atoms with Crippen LogP contribution in [-0.4, -0.2) is 18.6 Å². The van der Waals surface area contributed by atoms with Crippen molar-refractivity contribution in [3.8, 4) is 5.75 Å². The summed E-state index contributed by atoms with van der Waals surface area (Å²) in [5, 5.41) is 2.71. The van der Waals surface area contributed by atoms with Crippen LogP contribution in [-0.2, 0) is 11.3 Å². The minimum absolute atomic E-state index is 0.0894. The van der Waals surface area contributed by atoms with Gasteiger partial charge in [0.1, 0.15) is 5.75 Å². The fourth-order valence-corrected chi connectivity index (χ4v) is 1.72. The molecule has 0 aliphatic heterocycles. The lowest BCUT2D eigenvalue weighted by atomic mass is 10.0. The first-order valence-electron chi connectivity index (χ1n) is 6.45. The molecule has 0 aromatic heterocycles. The molecule has 0 heterocycles. The van der Waals surface area contributed by atoms with Gasteiger partial charge in [0.25, 0.3) is 0 Å². The Hall–Kier alpha value is -1.69. The van der Waals surface area contributed by atoms with E-state index >= 15 is 0 Å². The third-order valence-electron chi connectivity index (χ3n) is 2.68. The van der Waals surface area contributed by atoms with E-state index in [1.165, 1.54) is 12.1 Å². The maximum absolute atomic E-state index is 12.0. The Morgan fingerprint density at radius 1 is 1.30 bits per heavy atom. The minimum atomic E-state index is -2.84. The van der Waals surface area contributed by atoms with Gasteiger partial charge in [0.2, 0.25) is 5.91 Å². The molecule has 4 nitrogen and oxygen atoms in total. The van der Waals surface area contributed by atoms with E-state index in [2.05, 4.69) is 10.1 Å². The Morgan fingerprint density at radius 2 is 1.90 bits per heavy atom. The van der Waals surface area contributed by atoms with Gasteiger partial charge in [0, 0.05) is 6.54 Å². The molecule has 0 aliphatic rings. The number of hydrogen-bond donors (Lipinski definition) is 2. The van der Waals surface area contributed by atoms with Crippen molar-refractivity contribution >= 4 is 5.91 Å². The molecule has 112 valence electrons. The quantitative estimate of drug-likeness (QED) is 0.808. The zero-order valence-electron chi connectivity index (χ0n) is 11.6. The molecule has 0 saturated heterocycles. The topological polar surface area (TPSA) is 64.4 Å². The van der Waals surface area contributed by atoms with E-state index in [1.54, 1.807) is 12.1 Å². The van der Waals surface area contributed by atoms with E-state index in [9.17, 15) is 13.6 Å². The molecule has 1 rings (SSSR count). The molecule has 1 aromatic rings. The smallest absolute Gasteiger partial charge is 0.387 e. The summed E-state index contributed by atoms with van der Waals surface area (Å²) in [5.41, 5.74) is 6.53. The number of ether oxygens (including phenoxy) is 1. The fourth-order valence-electron chi connectivity index (χ4n) is 1.72. The molecule has 0 bridgehead atoms. The molecule has 3 N–H and O–H groups in total. The van der Waals surface area contributed by atoms with Crippen molar-refractivity contribution in [2.45, 2.75) is 39.5 Å². The number of halogens is 2.